The van der Waals surface area contributed by atoms with Crippen molar-refractivity contribution < 1.29 is 9.18 Å². The Hall–Kier alpha value is -0.750. The van der Waals surface area contributed by atoms with Crippen LogP contribution in [0.5, 0.6) is 0 Å². The van der Waals surface area contributed by atoms with Gasteiger partial charge >= 0.3 is 0 Å². The van der Waals surface area contributed by atoms with Gasteiger partial charge in [0, 0.05) is 15.6 Å². The summed E-state index contributed by atoms with van der Waals surface area (Å²) < 4.78 is 14.5. The van der Waals surface area contributed by atoms with Crippen molar-refractivity contribution in [3.05, 3.63) is 67.5 Å². The number of halogens is 3. The molecule has 0 unspecified atom stereocenters. The minimum Gasteiger partial charge on any atom is -0.294 e. The van der Waals surface area contributed by atoms with Crippen molar-refractivity contribution in [2.45, 2.75) is 6.42 Å². The van der Waals surface area contributed by atoms with Gasteiger partial charge in [0.2, 0.25) is 0 Å². The molecule has 2 rings (SSSR count). The summed E-state index contributed by atoms with van der Waals surface area (Å²) in [6.07, 6.45) is 0.328. The number of carbonyl (C=O) groups is 1. The number of rotatable bonds is 3. The monoisotopic (exact) mass is 418 g/mol. The zero-order valence-corrected chi connectivity index (χ0v) is 13.0. The number of carbonyl (C=O) groups excluding carboxylic acids is 1. The summed E-state index contributed by atoms with van der Waals surface area (Å²) in [6, 6.07) is 12.1. The molecule has 0 atom stereocenters. The van der Waals surface area contributed by atoms with Crippen LogP contribution in [0.15, 0.2) is 46.9 Å². The van der Waals surface area contributed by atoms with E-state index in [1.807, 2.05) is 24.3 Å². The lowest BCUT2D eigenvalue weighted by atomic mass is 10.0. The van der Waals surface area contributed by atoms with Crippen LogP contribution in [0, 0.1) is 9.39 Å². The molecular formula is C14H9BrFIO. The predicted octanol–water partition coefficient (Wildman–Crippen LogP) is 4.62. The van der Waals surface area contributed by atoms with Gasteiger partial charge in [-0.25, -0.2) is 4.39 Å². The van der Waals surface area contributed by atoms with Crippen molar-refractivity contribution in [1.29, 1.82) is 0 Å². The second kappa shape index (κ2) is 5.93. The molecule has 0 bridgehead atoms. The average molecular weight is 419 g/mol. The van der Waals surface area contributed by atoms with Crippen molar-refractivity contribution in [1.82, 2.24) is 0 Å². The molecule has 2 aromatic rings. The van der Waals surface area contributed by atoms with Gasteiger partial charge in [0.15, 0.2) is 5.78 Å². The molecule has 0 aliphatic carbocycles. The average Bonchev–Trinajstić information content (AvgIpc) is 2.35. The maximum atomic E-state index is 13.1. The minimum absolute atomic E-state index is 0.0168. The molecule has 0 aromatic heterocycles. The molecule has 0 N–H and O–H groups in total. The first-order chi connectivity index (χ1) is 8.56. The molecule has 2 aromatic carbocycles. The largest absolute Gasteiger partial charge is 0.294 e. The number of Topliss-reactive ketones (excluding diaryl/α,β-unsaturated/α-hetero) is 1. The fourth-order valence-electron chi connectivity index (χ4n) is 1.56. The summed E-state index contributed by atoms with van der Waals surface area (Å²) in [5.41, 5.74) is 1.47. The van der Waals surface area contributed by atoms with Crippen molar-refractivity contribution in [3.63, 3.8) is 0 Å². The highest BCUT2D eigenvalue weighted by atomic mass is 127. The van der Waals surface area contributed by atoms with Crippen molar-refractivity contribution in [2.24, 2.45) is 0 Å². The highest BCUT2D eigenvalue weighted by Crippen LogP contribution is 2.18. The molecule has 0 fully saturated rings. The topological polar surface area (TPSA) is 17.1 Å². The smallest absolute Gasteiger partial charge is 0.167 e. The minimum atomic E-state index is -0.360. The quantitative estimate of drug-likeness (QED) is 0.525. The normalized spacial score (nSPS) is 10.4. The molecule has 1 nitrogen and oxygen atoms in total. The lowest BCUT2D eigenvalue weighted by Crippen LogP contribution is -2.03. The second-order valence-electron chi connectivity index (χ2n) is 3.86. The van der Waals surface area contributed by atoms with Crippen LogP contribution < -0.4 is 0 Å². The van der Waals surface area contributed by atoms with Crippen LogP contribution in [0.3, 0.4) is 0 Å². The first-order valence-electron chi connectivity index (χ1n) is 5.29. The first-order valence-corrected chi connectivity index (χ1v) is 7.16. The van der Waals surface area contributed by atoms with Gasteiger partial charge in [0.05, 0.1) is 4.47 Å². The molecular weight excluding hydrogens is 410 g/mol. The van der Waals surface area contributed by atoms with E-state index in [2.05, 4.69) is 38.5 Å². The maximum Gasteiger partial charge on any atom is 0.167 e. The van der Waals surface area contributed by atoms with Crippen LogP contribution in [0.2, 0.25) is 0 Å². The molecule has 18 heavy (non-hydrogen) atoms. The fourth-order valence-corrected chi connectivity index (χ4v) is 2.30. The van der Waals surface area contributed by atoms with E-state index in [0.717, 1.165) is 9.13 Å². The van der Waals surface area contributed by atoms with Crippen molar-refractivity contribution in [2.75, 3.05) is 0 Å². The van der Waals surface area contributed by atoms with Crippen LogP contribution >= 0.6 is 38.5 Å². The van der Waals surface area contributed by atoms with Gasteiger partial charge in [-0.15, -0.1) is 0 Å². The molecule has 0 spiro atoms. The van der Waals surface area contributed by atoms with Crippen LogP contribution in [0.25, 0.3) is 0 Å². The molecule has 4 heteroatoms. The number of ketones is 1. The third-order valence-electron chi connectivity index (χ3n) is 2.52. The van der Waals surface area contributed by atoms with Gasteiger partial charge < -0.3 is 0 Å². The van der Waals surface area contributed by atoms with Crippen LogP contribution in [-0.2, 0) is 6.42 Å². The third kappa shape index (κ3) is 3.38. The van der Waals surface area contributed by atoms with Gasteiger partial charge in [-0.1, -0.05) is 12.1 Å². The summed E-state index contributed by atoms with van der Waals surface area (Å²) in [6.45, 7) is 0. The lowest BCUT2D eigenvalue weighted by Gasteiger charge is -2.03. The van der Waals surface area contributed by atoms with Crippen LogP contribution in [0.1, 0.15) is 15.9 Å². The number of benzene rings is 2. The third-order valence-corrected chi connectivity index (χ3v) is 3.85. The van der Waals surface area contributed by atoms with Gasteiger partial charge in [0.1, 0.15) is 5.82 Å². The second-order valence-corrected chi connectivity index (χ2v) is 5.96. The highest BCUT2D eigenvalue weighted by molar-refractivity contribution is 14.1. The number of hydrogen-bond acceptors (Lipinski definition) is 1. The summed E-state index contributed by atoms with van der Waals surface area (Å²) in [4.78, 5) is 12.0. The maximum absolute atomic E-state index is 13.1. The Morgan fingerprint density at radius 2 is 1.83 bits per heavy atom. The van der Waals surface area contributed by atoms with Gasteiger partial charge in [0.25, 0.3) is 0 Å². The molecule has 0 radical (unpaired) electrons. The summed E-state index contributed by atoms with van der Waals surface area (Å²) in [7, 11) is 0. The Balaban J connectivity index is 2.16. The summed E-state index contributed by atoms with van der Waals surface area (Å²) in [5, 5.41) is 0. The summed E-state index contributed by atoms with van der Waals surface area (Å²) >= 11 is 5.30. The molecule has 0 aliphatic rings. The molecule has 0 heterocycles. The van der Waals surface area contributed by atoms with E-state index in [0.29, 0.717) is 16.5 Å². The van der Waals surface area contributed by atoms with E-state index in [9.17, 15) is 9.18 Å². The Bertz CT molecular complexity index is 581. The Kier molecular flexibility index (Phi) is 4.50. The van der Waals surface area contributed by atoms with E-state index in [-0.39, 0.29) is 11.6 Å². The van der Waals surface area contributed by atoms with Gasteiger partial charge in [-0.05, 0) is 74.4 Å². The standard InChI is InChI=1S/C14H9BrFIO/c15-12-8-10(3-6-13(12)16)14(18)7-9-1-4-11(17)5-2-9/h1-6,8H,7H2. The van der Waals surface area contributed by atoms with E-state index in [1.54, 1.807) is 0 Å². The van der Waals surface area contributed by atoms with Crippen LogP contribution in [0.4, 0.5) is 4.39 Å². The molecule has 0 amide bonds. The molecule has 92 valence electrons. The molecule has 0 aliphatic heterocycles. The Morgan fingerprint density at radius 3 is 2.44 bits per heavy atom. The fraction of sp³-hybridized carbons (Fsp3) is 0.0714. The Morgan fingerprint density at radius 1 is 1.17 bits per heavy atom. The van der Waals surface area contributed by atoms with E-state index in [1.165, 1.54) is 18.2 Å². The van der Waals surface area contributed by atoms with Gasteiger partial charge in [-0.2, -0.15) is 0 Å². The molecule has 0 saturated carbocycles. The van der Waals surface area contributed by atoms with Crippen LogP contribution in [-0.4, -0.2) is 5.78 Å². The molecule has 0 saturated heterocycles. The van der Waals surface area contributed by atoms with Crippen molar-refractivity contribution >= 4 is 44.3 Å². The Labute approximate surface area is 127 Å². The van der Waals surface area contributed by atoms with E-state index in [4.69, 9.17) is 0 Å². The number of hydrogen-bond donors (Lipinski definition) is 0. The van der Waals surface area contributed by atoms with Crippen molar-refractivity contribution in [3.8, 4) is 0 Å². The van der Waals surface area contributed by atoms with E-state index >= 15 is 0 Å². The summed E-state index contributed by atoms with van der Waals surface area (Å²) in [5.74, 6) is -0.377. The lowest BCUT2D eigenvalue weighted by molar-refractivity contribution is 0.0993. The first kappa shape index (κ1) is 13.7. The van der Waals surface area contributed by atoms with E-state index < -0.39 is 0 Å². The van der Waals surface area contributed by atoms with Gasteiger partial charge in [-0.3, -0.25) is 4.79 Å². The SMILES string of the molecule is O=C(Cc1ccc(I)cc1)c1ccc(F)c(Br)c1. The zero-order chi connectivity index (χ0) is 13.1. The zero-order valence-electron chi connectivity index (χ0n) is 9.29. The predicted molar refractivity (Wildman–Crippen MR) is 81.3 cm³/mol. The highest BCUT2D eigenvalue weighted by Gasteiger charge is 2.09.